The van der Waals surface area contributed by atoms with E-state index in [9.17, 15) is 9.59 Å². The second kappa shape index (κ2) is 7.80. The lowest BCUT2D eigenvalue weighted by Crippen LogP contribution is -2.46. The molecule has 0 saturated carbocycles. The van der Waals surface area contributed by atoms with Gasteiger partial charge in [0.25, 0.3) is 0 Å². The molecule has 0 bridgehead atoms. The summed E-state index contributed by atoms with van der Waals surface area (Å²) >= 11 is 6.15. The summed E-state index contributed by atoms with van der Waals surface area (Å²) < 4.78 is 11.7. The van der Waals surface area contributed by atoms with Gasteiger partial charge in [0.15, 0.2) is 5.78 Å². The molecule has 2 aromatic carbocycles. The number of ether oxygens (including phenoxy) is 2. The van der Waals surface area contributed by atoms with Crippen LogP contribution in [0.15, 0.2) is 30.3 Å². The predicted molar refractivity (Wildman–Crippen MR) is 123 cm³/mol. The minimum absolute atomic E-state index is 0.106. The topological polar surface area (TPSA) is 55.8 Å². The molecule has 1 fully saturated rings. The van der Waals surface area contributed by atoms with Gasteiger partial charge in [-0.15, -0.1) is 0 Å². The van der Waals surface area contributed by atoms with Gasteiger partial charge in [-0.3, -0.25) is 4.79 Å². The number of amides is 1. The highest BCUT2D eigenvalue weighted by atomic mass is 35.5. The maximum absolute atomic E-state index is 13.6. The lowest BCUT2D eigenvalue weighted by atomic mass is 9.76. The van der Waals surface area contributed by atoms with Crippen molar-refractivity contribution in [3.63, 3.8) is 0 Å². The van der Waals surface area contributed by atoms with Crippen molar-refractivity contribution >= 4 is 23.5 Å². The fourth-order valence-corrected chi connectivity index (χ4v) is 5.53. The Morgan fingerprint density at radius 1 is 1.12 bits per heavy atom. The second-order valence-electron chi connectivity index (χ2n) is 9.95. The Balaban J connectivity index is 1.44. The van der Waals surface area contributed by atoms with Crippen LogP contribution in [0.5, 0.6) is 5.75 Å². The fourth-order valence-electron chi connectivity index (χ4n) is 5.33. The predicted octanol–water partition coefficient (Wildman–Crippen LogP) is 6.04. The quantitative estimate of drug-likeness (QED) is 0.527. The number of Topliss-reactive ketones (excluding diaryl/α,β-unsaturated/α-hetero) is 1. The van der Waals surface area contributed by atoms with Crippen LogP contribution in [0.25, 0.3) is 11.1 Å². The first-order chi connectivity index (χ1) is 15.2. The van der Waals surface area contributed by atoms with Crippen molar-refractivity contribution in [2.45, 2.75) is 64.7 Å². The molecule has 0 spiro atoms. The molecule has 6 heteroatoms. The average Bonchev–Trinajstić information content (AvgIpc) is 3.22. The molecule has 1 amide bonds. The zero-order chi connectivity index (χ0) is 22.6. The molecule has 5 nitrogen and oxygen atoms in total. The highest BCUT2D eigenvalue weighted by molar-refractivity contribution is 6.30. The first-order valence-electron chi connectivity index (χ1n) is 11.3. The van der Waals surface area contributed by atoms with Crippen LogP contribution in [-0.4, -0.2) is 35.0 Å². The van der Waals surface area contributed by atoms with Gasteiger partial charge in [0.2, 0.25) is 0 Å². The molecule has 1 aliphatic carbocycles. The molecule has 2 heterocycles. The smallest absolute Gasteiger partial charge is 0.410 e. The number of benzene rings is 2. The number of ketones is 1. The first-order valence-corrected chi connectivity index (χ1v) is 11.7. The van der Waals surface area contributed by atoms with Crippen molar-refractivity contribution in [2.75, 3.05) is 6.54 Å². The van der Waals surface area contributed by atoms with E-state index >= 15 is 0 Å². The number of rotatable bonds is 1. The second-order valence-corrected chi connectivity index (χ2v) is 10.4. The van der Waals surface area contributed by atoms with Crippen LogP contribution in [0.2, 0.25) is 5.02 Å². The SMILES string of the molecule is CC(C)(C)OC(=O)N1CCC[C@H]1C1CCc2c(ccc3c2OCc2cc(Cl)ccc2-3)C1=O. The van der Waals surface area contributed by atoms with E-state index in [0.717, 1.165) is 52.8 Å². The minimum Gasteiger partial charge on any atom is -0.488 e. The van der Waals surface area contributed by atoms with E-state index in [1.165, 1.54) is 0 Å². The minimum atomic E-state index is -0.551. The van der Waals surface area contributed by atoms with Crippen LogP contribution in [0.3, 0.4) is 0 Å². The molecule has 32 heavy (non-hydrogen) atoms. The van der Waals surface area contributed by atoms with Crippen LogP contribution in [0.4, 0.5) is 4.79 Å². The van der Waals surface area contributed by atoms with E-state index < -0.39 is 5.60 Å². The Morgan fingerprint density at radius 3 is 2.66 bits per heavy atom. The number of likely N-dealkylation sites (tertiary alicyclic amines) is 1. The number of fused-ring (bicyclic) bond motifs is 5. The zero-order valence-electron chi connectivity index (χ0n) is 18.7. The zero-order valence-corrected chi connectivity index (χ0v) is 19.5. The van der Waals surface area contributed by atoms with Gasteiger partial charge in [-0.25, -0.2) is 4.79 Å². The number of nitrogens with zero attached hydrogens (tertiary/aromatic N) is 1. The van der Waals surface area contributed by atoms with Gasteiger partial charge < -0.3 is 14.4 Å². The summed E-state index contributed by atoms with van der Waals surface area (Å²) in [5, 5.41) is 0.692. The maximum atomic E-state index is 13.6. The van der Waals surface area contributed by atoms with Crippen molar-refractivity contribution in [3.05, 3.63) is 52.0 Å². The molecule has 0 aromatic heterocycles. The molecule has 2 atom stereocenters. The molecule has 2 aromatic rings. The number of carbonyl (C=O) groups excluding carboxylic acids is 2. The van der Waals surface area contributed by atoms with Crippen LogP contribution >= 0.6 is 11.6 Å². The third-order valence-corrected chi connectivity index (χ3v) is 6.92. The fraction of sp³-hybridized carbons (Fsp3) is 0.462. The molecule has 0 N–H and O–H groups in total. The van der Waals surface area contributed by atoms with Crippen molar-refractivity contribution < 1.29 is 19.1 Å². The van der Waals surface area contributed by atoms with Crippen molar-refractivity contribution in [1.82, 2.24) is 4.90 Å². The summed E-state index contributed by atoms with van der Waals surface area (Å²) in [6.45, 7) is 6.70. The Morgan fingerprint density at radius 2 is 1.88 bits per heavy atom. The van der Waals surface area contributed by atoms with Gasteiger partial charge in [-0.1, -0.05) is 23.7 Å². The Bertz CT molecular complexity index is 1100. The molecule has 168 valence electrons. The molecule has 1 saturated heterocycles. The van der Waals surface area contributed by atoms with Crippen LogP contribution < -0.4 is 4.74 Å². The Kier molecular flexibility index (Phi) is 5.20. The lowest BCUT2D eigenvalue weighted by molar-refractivity contribution is 0.0175. The van der Waals surface area contributed by atoms with Gasteiger partial charge in [-0.05, 0) is 75.8 Å². The van der Waals surface area contributed by atoms with Crippen LogP contribution in [0.1, 0.15) is 61.5 Å². The summed E-state index contributed by atoms with van der Waals surface area (Å²) in [4.78, 5) is 28.1. The van der Waals surface area contributed by atoms with E-state index in [0.29, 0.717) is 24.6 Å². The summed E-state index contributed by atoms with van der Waals surface area (Å²) in [7, 11) is 0. The third-order valence-electron chi connectivity index (χ3n) is 6.69. The summed E-state index contributed by atoms with van der Waals surface area (Å²) in [6.07, 6.45) is 2.88. The van der Waals surface area contributed by atoms with Gasteiger partial charge in [0, 0.05) is 40.2 Å². The highest BCUT2D eigenvalue weighted by Gasteiger charge is 2.43. The van der Waals surface area contributed by atoms with E-state index in [2.05, 4.69) is 0 Å². The van der Waals surface area contributed by atoms with Gasteiger partial charge in [0.1, 0.15) is 18.0 Å². The van der Waals surface area contributed by atoms with Gasteiger partial charge in [0.05, 0.1) is 0 Å². The Labute approximate surface area is 193 Å². The summed E-state index contributed by atoms with van der Waals surface area (Å²) in [6, 6.07) is 9.66. The molecule has 2 aliphatic heterocycles. The molecular formula is C26H28ClNO4. The number of carbonyl (C=O) groups is 2. The van der Waals surface area contributed by atoms with E-state index in [4.69, 9.17) is 21.1 Å². The van der Waals surface area contributed by atoms with E-state index in [1.807, 2.05) is 51.1 Å². The van der Waals surface area contributed by atoms with Crippen LogP contribution in [0, 0.1) is 5.92 Å². The van der Waals surface area contributed by atoms with Gasteiger partial charge in [-0.2, -0.15) is 0 Å². The third kappa shape index (κ3) is 3.66. The van der Waals surface area contributed by atoms with Gasteiger partial charge >= 0.3 is 6.09 Å². The lowest BCUT2D eigenvalue weighted by Gasteiger charge is -2.35. The summed E-state index contributed by atoms with van der Waals surface area (Å²) in [5.41, 5.74) is 4.36. The monoisotopic (exact) mass is 453 g/mol. The number of halogens is 1. The molecular weight excluding hydrogens is 426 g/mol. The van der Waals surface area contributed by atoms with Crippen molar-refractivity contribution in [2.24, 2.45) is 5.92 Å². The number of hydrogen-bond acceptors (Lipinski definition) is 4. The molecule has 0 radical (unpaired) electrons. The molecule has 3 aliphatic rings. The van der Waals surface area contributed by atoms with Crippen molar-refractivity contribution in [3.8, 4) is 16.9 Å². The van der Waals surface area contributed by atoms with E-state index in [-0.39, 0.29) is 23.8 Å². The van der Waals surface area contributed by atoms with Crippen molar-refractivity contribution in [1.29, 1.82) is 0 Å². The Hall–Kier alpha value is -2.53. The standard InChI is InChI=1S/C26H28ClNO4/c1-26(2,3)32-25(30)28-12-4-5-22(28)21-11-10-20-18(23(21)29)8-9-19-17-7-6-16(27)13-15(17)14-31-24(19)20/h6-9,13,21-22H,4-5,10-12,14H2,1-3H3/t21?,22-/m0/s1. The molecule has 5 rings (SSSR count). The normalized spacial score (nSPS) is 22.0. The first kappa shape index (κ1) is 21.3. The maximum Gasteiger partial charge on any atom is 0.410 e. The highest BCUT2D eigenvalue weighted by Crippen LogP contribution is 2.45. The van der Waals surface area contributed by atoms with Crippen LogP contribution in [-0.2, 0) is 17.8 Å². The number of hydrogen-bond donors (Lipinski definition) is 0. The molecule has 1 unspecified atom stereocenters. The van der Waals surface area contributed by atoms with E-state index in [1.54, 1.807) is 4.90 Å². The summed E-state index contributed by atoms with van der Waals surface area (Å²) in [5.74, 6) is 0.727. The average molecular weight is 454 g/mol. The largest absolute Gasteiger partial charge is 0.488 e.